The van der Waals surface area contributed by atoms with E-state index in [1.807, 2.05) is 0 Å². The van der Waals surface area contributed by atoms with E-state index in [1.165, 1.54) is 30.5 Å². The van der Waals surface area contributed by atoms with E-state index in [0.717, 1.165) is 51.1 Å². The Labute approximate surface area is 134 Å². The summed E-state index contributed by atoms with van der Waals surface area (Å²) in [6, 6.07) is 4.41. The van der Waals surface area contributed by atoms with E-state index in [4.69, 9.17) is 15.5 Å². The summed E-state index contributed by atoms with van der Waals surface area (Å²) >= 11 is 0. The second-order valence-corrected chi connectivity index (χ2v) is 6.17. The van der Waals surface area contributed by atoms with Gasteiger partial charge >= 0.3 is 0 Å². The molecule has 124 valence electrons. The Kier molecular flexibility index (Phi) is 7.67. The molecule has 2 heterocycles. The van der Waals surface area contributed by atoms with E-state index in [9.17, 15) is 0 Å². The number of fused-ring (bicyclic) bond motifs is 1. The molecule has 22 heavy (non-hydrogen) atoms. The number of ether oxygens (including phenoxy) is 1. The van der Waals surface area contributed by atoms with Crippen molar-refractivity contribution in [2.75, 3.05) is 25.0 Å². The summed E-state index contributed by atoms with van der Waals surface area (Å²) in [5, 5.41) is 3.40. The van der Waals surface area contributed by atoms with Gasteiger partial charge in [-0.15, -0.1) is 0 Å². The number of hydrogen-bond donors (Lipinski definition) is 2. The minimum atomic E-state index is 0.242. The van der Waals surface area contributed by atoms with Gasteiger partial charge in [-0.3, -0.25) is 0 Å². The molecule has 4 heteroatoms. The molecule has 4 nitrogen and oxygen atoms in total. The molecule has 0 radical (unpaired) electrons. The first-order chi connectivity index (χ1) is 10.8. The van der Waals surface area contributed by atoms with Crippen LogP contribution in [0.2, 0.25) is 0 Å². The number of unbranched alkanes of at least 4 members (excludes halogenated alkanes) is 2. The van der Waals surface area contributed by atoms with Crippen LogP contribution < -0.4 is 11.1 Å². The van der Waals surface area contributed by atoms with Crippen molar-refractivity contribution in [1.82, 2.24) is 4.98 Å². The lowest BCUT2D eigenvalue weighted by Gasteiger charge is -2.17. The van der Waals surface area contributed by atoms with Crippen molar-refractivity contribution in [1.29, 1.82) is 0 Å². The molecule has 0 saturated carbocycles. The largest absolute Gasteiger partial charge is 0.377 e. The molecular formula is C18H31N3O. The highest BCUT2D eigenvalue weighted by Crippen LogP contribution is 2.20. The molecule has 0 saturated heterocycles. The first-order valence-corrected chi connectivity index (χ1v) is 8.87. The molecule has 1 aromatic rings. The predicted octanol–water partition coefficient (Wildman–Crippen LogP) is 3.30. The minimum absolute atomic E-state index is 0.242. The van der Waals surface area contributed by atoms with Crippen molar-refractivity contribution >= 4 is 5.82 Å². The molecule has 0 bridgehead atoms. The lowest BCUT2D eigenvalue weighted by atomic mass is 10.1. The molecule has 1 aliphatic rings. The molecule has 0 amide bonds. The maximum atomic E-state index is 5.86. The molecule has 0 aromatic carbocycles. The van der Waals surface area contributed by atoms with Gasteiger partial charge in [0, 0.05) is 25.4 Å². The fourth-order valence-electron chi connectivity index (χ4n) is 2.87. The molecule has 0 spiro atoms. The third-order valence-corrected chi connectivity index (χ3v) is 4.28. The Bertz CT molecular complexity index is 436. The highest BCUT2D eigenvalue weighted by atomic mass is 16.5. The van der Waals surface area contributed by atoms with Gasteiger partial charge in [-0.1, -0.05) is 25.8 Å². The fraction of sp³-hybridized carbons (Fsp3) is 0.722. The molecule has 0 aliphatic carbocycles. The van der Waals surface area contributed by atoms with Gasteiger partial charge in [0.2, 0.25) is 0 Å². The van der Waals surface area contributed by atoms with Gasteiger partial charge in [-0.2, -0.15) is 0 Å². The Hall–Kier alpha value is -1.13. The number of hydrogen-bond acceptors (Lipinski definition) is 4. The summed E-state index contributed by atoms with van der Waals surface area (Å²) in [4.78, 5) is 4.73. The van der Waals surface area contributed by atoms with Gasteiger partial charge in [0.05, 0.1) is 6.10 Å². The van der Waals surface area contributed by atoms with Gasteiger partial charge in [0.1, 0.15) is 5.82 Å². The first-order valence-electron chi connectivity index (χ1n) is 8.87. The SMILES string of the molecule is CCCCC(CN)OCCCCc1ccc2c(n1)NCCC2. The average Bonchev–Trinajstić information content (AvgIpc) is 2.57. The topological polar surface area (TPSA) is 60.2 Å². The van der Waals surface area contributed by atoms with E-state index in [0.29, 0.717) is 6.54 Å². The van der Waals surface area contributed by atoms with Crippen LogP contribution in [0.3, 0.4) is 0 Å². The summed E-state index contributed by atoms with van der Waals surface area (Å²) in [5.74, 6) is 1.10. The molecule has 3 N–H and O–H groups in total. The monoisotopic (exact) mass is 305 g/mol. The summed E-state index contributed by atoms with van der Waals surface area (Å²) in [6.45, 7) is 4.70. The average molecular weight is 305 g/mol. The van der Waals surface area contributed by atoms with Crippen LogP contribution >= 0.6 is 0 Å². The number of rotatable bonds is 10. The molecule has 0 fully saturated rings. The lowest BCUT2D eigenvalue weighted by molar-refractivity contribution is 0.0496. The number of nitrogens with zero attached hydrogens (tertiary/aromatic N) is 1. The maximum absolute atomic E-state index is 5.86. The van der Waals surface area contributed by atoms with E-state index in [2.05, 4.69) is 24.4 Å². The smallest absolute Gasteiger partial charge is 0.129 e. The number of nitrogens with one attached hydrogen (secondary N) is 1. The van der Waals surface area contributed by atoms with Crippen LogP contribution in [0.15, 0.2) is 12.1 Å². The zero-order chi connectivity index (χ0) is 15.6. The number of pyridine rings is 1. The molecule has 1 atom stereocenters. The lowest BCUT2D eigenvalue weighted by Crippen LogP contribution is -2.24. The fourth-order valence-corrected chi connectivity index (χ4v) is 2.87. The van der Waals surface area contributed by atoms with Crippen molar-refractivity contribution in [3.05, 3.63) is 23.4 Å². The number of anilines is 1. The Morgan fingerprint density at radius 2 is 2.23 bits per heavy atom. The van der Waals surface area contributed by atoms with Gasteiger partial charge in [-0.25, -0.2) is 4.98 Å². The summed E-state index contributed by atoms with van der Waals surface area (Å²) in [7, 11) is 0. The van der Waals surface area contributed by atoms with Crippen molar-refractivity contribution in [2.45, 2.75) is 64.4 Å². The molecule has 2 rings (SSSR count). The van der Waals surface area contributed by atoms with Gasteiger partial charge in [0.15, 0.2) is 0 Å². The number of aryl methyl sites for hydroxylation is 2. The summed E-state index contributed by atoms with van der Waals surface area (Å²) in [5.41, 5.74) is 8.29. The molecule has 1 aromatic heterocycles. The Morgan fingerprint density at radius 1 is 1.32 bits per heavy atom. The van der Waals surface area contributed by atoms with Gasteiger partial charge in [0.25, 0.3) is 0 Å². The van der Waals surface area contributed by atoms with Crippen molar-refractivity contribution in [3.8, 4) is 0 Å². The molecular weight excluding hydrogens is 274 g/mol. The summed E-state index contributed by atoms with van der Waals surface area (Å²) < 4.78 is 5.86. The highest BCUT2D eigenvalue weighted by Gasteiger charge is 2.10. The quantitative estimate of drug-likeness (QED) is 0.651. The van der Waals surface area contributed by atoms with E-state index in [1.54, 1.807) is 0 Å². The Balaban J connectivity index is 1.64. The van der Waals surface area contributed by atoms with E-state index < -0.39 is 0 Å². The van der Waals surface area contributed by atoms with E-state index >= 15 is 0 Å². The molecule has 1 unspecified atom stereocenters. The van der Waals surface area contributed by atoms with Crippen LogP contribution in [0.5, 0.6) is 0 Å². The third-order valence-electron chi connectivity index (χ3n) is 4.28. The van der Waals surface area contributed by atoms with Crippen molar-refractivity contribution in [3.63, 3.8) is 0 Å². The minimum Gasteiger partial charge on any atom is -0.377 e. The van der Waals surface area contributed by atoms with Crippen LogP contribution in [0.1, 0.15) is 56.7 Å². The molecule has 1 aliphatic heterocycles. The van der Waals surface area contributed by atoms with Gasteiger partial charge in [-0.05, 0) is 50.2 Å². The first kappa shape index (κ1) is 17.2. The van der Waals surface area contributed by atoms with Gasteiger partial charge < -0.3 is 15.8 Å². The van der Waals surface area contributed by atoms with Crippen LogP contribution in [-0.2, 0) is 17.6 Å². The second-order valence-electron chi connectivity index (χ2n) is 6.17. The van der Waals surface area contributed by atoms with Crippen LogP contribution in [0.25, 0.3) is 0 Å². The zero-order valence-electron chi connectivity index (χ0n) is 13.9. The Morgan fingerprint density at radius 3 is 3.05 bits per heavy atom. The predicted molar refractivity (Wildman–Crippen MR) is 92.3 cm³/mol. The normalized spacial score (nSPS) is 15.2. The van der Waals surface area contributed by atoms with Crippen LogP contribution in [0, 0.1) is 0 Å². The zero-order valence-corrected chi connectivity index (χ0v) is 13.9. The standard InChI is InChI=1S/C18H31N3O/c1-2-3-9-17(14-19)22-13-5-4-8-16-11-10-15-7-6-12-20-18(15)21-16/h10-11,17H,2-9,12-14,19H2,1H3,(H,20,21). The van der Waals surface area contributed by atoms with Crippen LogP contribution in [-0.4, -0.2) is 30.8 Å². The second kappa shape index (κ2) is 9.80. The van der Waals surface area contributed by atoms with Crippen molar-refractivity contribution in [2.24, 2.45) is 5.73 Å². The highest BCUT2D eigenvalue weighted by molar-refractivity contribution is 5.46. The third kappa shape index (κ3) is 5.58. The number of nitrogens with two attached hydrogens (primary N) is 1. The summed E-state index contributed by atoms with van der Waals surface area (Å²) in [6.07, 6.45) is 9.34. The van der Waals surface area contributed by atoms with E-state index in [-0.39, 0.29) is 6.10 Å². The van der Waals surface area contributed by atoms with Crippen molar-refractivity contribution < 1.29 is 4.74 Å². The number of aromatic nitrogens is 1. The van der Waals surface area contributed by atoms with Crippen LogP contribution in [0.4, 0.5) is 5.82 Å². The maximum Gasteiger partial charge on any atom is 0.129 e.